The van der Waals surface area contributed by atoms with Crippen LogP contribution < -0.4 is 24.4 Å². The molecule has 1 saturated heterocycles. The summed E-state index contributed by atoms with van der Waals surface area (Å²) in [5, 5.41) is 2.98. The first-order valence-electron chi connectivity index (χ1n) is 11.3. The number of hydrogen-bond donors (Lipinski definition) is 1. The molecule has 2 amide bonds. The highest BCUT2D eigenvalue weighted by Crippen LogP contribution is 2.40. The number of thioether (sulfide) groups is 1. The molecule has 37 heavy (non-hydrogen) atoms. The Morgan fingerprint density at radius 3 is 2.51 bits per heavy atom. The summed E-state index contributed by atoms with van der Waals surface area (Å²) in [6.45, 7) is 2.20. The average Bonchev–Trinajstić information content (AvgIpc) is 3.16. The van der Waals surface area contributed by atoms with E-state index in [1.807, 2.05) is 25.1 Å². The van der Waals surface area contributed by atoms with Crippen LogP contribution >= 0.6 is 35.6 Å². The number of rotatable bonds is 9. The van der Waals surface area contributed by atoms with E-state index in [2.05, 4.69) is 5.32 Å². The summed E-state index contributed by atoms with van der Waals surface area (Å²) in [5.41, 5.74) is 1.93. The van der Waals surface area contributed by atoms with E-state index in [4.69, 9.17) is 38.0 Å². The van der Waals surface area contributed by atoms with Crippen molar-refractivity contribution in [1.82, 2.24) is 0 Å². The van der Waals surface area contributed by atoms with Crippen molar-refractivity contribution in [2.75, 3.05) is 30.5 Å². The van der Waals surface area contributed by atoms with Crippen molar-refractivity contribution in [3.8, 4) is 17.2 Å². The molecule has 0 unspecified atom stereocenters. The number of nitrogens with zero attached hydrogens (tertiary/aromatic N) is 1. The van der Waals surface area contributed by atoms with Crippen LogP contribution in [-0.2, 0) is 9.59 Å². The van der Waals surface area contributed by atoms with Crippen LogP contribution in [0.25, 0.3) is 6.08 Å². The normalized spacial score (nSPS) is 14.1. The lowest BCUT2D eigenvalue weighted by atomic mass is 10.1. The number of anilines is 2. The number of methoxy groups -OCH3 is 1. The number of carbonyl (C=O) groups is 2. The van der Waals surface area contributed by atoms with E-state index >= 15 is 0 Å². The molecular weight excluding hydrogens is 532 g/mol. The molecule has 0 aliphatic carbocycles. The lowest BCUT2D eigenvalue weighted by Crippen LogP contribution is -2.27. The Morgan fingerprint density at radius 1 is 1.11 bits per heavy atom. The van der Waals surface area contributed by atoms with Crippen LogP contribution in [0.3, 0.4) is 0 Å². The molecule has 0 saturated carbocycles. The third-order valence-corrected chi connectivity index (χ3v) is 6.74. The average molecular weight is 555 g/mol. The van der Waals surface area contributed by atoms with Crippen LogP contribution in [0.1, 0.15) is 12.5 Å². The zero-order valence-corrected chi connectivity index (χ0v) is 22.4. The first-order chi connectivity index (χ1) is 17.9. The molecule has 1 heterocycles. The van der Waals surface area contributed by atoms with Crippen molar-refractivity contribution in [2.24, 2.45) is 0 Å². The second-order valence-electron chi connectivity index (χ2n) is 7.68. The number of hydrogen-bond acceptors (Lipinski definition) is 7. The maximum absolute atomic E-state index is 13.1. The van der Waals surface area contributed by atoms with Crippen molar-refractivity contribution in [3.63, 3.8) is 0 Å². The quantitative estimate of drug-likeness (QED) is 0.250. The maximum atomic E-state index is 13.1. The predicted octanol–water partition coefficient (Wildman–Crippen LogP) is 6.17. The standard InChI is InChI=1S/C27H23ClN2O5S2/c1-3-34-20-11-9-19(10-12-20)30-26(32)23(37-27(30)36)15-17-13-21(28)25(22(14-17)33-2)35-16-24(31)29-18-7-5-4-6-8-18/h4-15H,3,16H2,1-2H3,(H,29,31)/b23-15-. The molecule has 0 spiro atoms. The fraction of sp³-hybridized carbons (Fsp3) is 0.148. The highest BCUT2D eigenvalue weighted by atomic mass is 35.5. The van der Waals surface area contributed by atoms with Gasteiger partial charge in [-0.15, -0.1) is 0 Å². The second-order valence-corrected chi connectivity index (χ2v) is 9.76. The minimum Gasteiger partial charge on any atom is -0.494 e. The van der Waals surface area contributed by atoms with E-state index in [0.717, 1.165) is 0 Å². The van der Waals surface area contributed by atoms with Gasteiger partial charge in [0.05, 0.1) is 29.3 Å². The van der Waals surface area contributed by atoms with E-state index in [1.165, 1.54) is 23.8 Å². The molecule has 10 heteroatoms. The minimum absolute atomic E-state index is 0.228. The van der Waals surface area contributed by atoms with Gasteiger partial charge in [0, 0.05) is 5.69 Å². The summed E-state index contributed by atoms with van der Waals surface area (Å²) in [7, 11) is 1.47. The zero-order chi connectivity index (χ0) is 26.4. The van der Waals surface area contributed by atoms with Gasteiger partial charge in [-0.1, -0.05) is 53.8 Å². The number of halogens is 1. The SMILES string of the molecule is CCOc1ccc(N2C(=O)/C(=C/c3cc(Cl)c(OCC(=O)Nc4ccccc4)c(OC)c3)SC2=S)cc1. The molecule has 0 aromatic heterocycles. The van der Waals surface area contributed by atoms with Crippen molar-refractivity contribution in [1.29, 1.82) is 0 Å². The predicted molar refractivity (Wildman–Crippen MR) is 152 cm³/mol. The molecule has 0 radical (unpaired) electrons. The highest BCUT2D eigenvalue weighted by molar-refractivity contribution is 8.27. The lowest BCUT2D eigenvalue weighted by molar-refractivity contribution is -0.118. The van der Waals surface area contributed by atoms with Crippen LogP contribution in [0.2, 0.25) is 5.02 Å². The summed E-state index contributed by atoms with van der Waals surface area (Å²) in [6, 6.07) is 19.5. The number of ether oxygens (including phenoxy) is 3. The summed E-state index contributed by atoms with van der Waals surface area (Å²) in [5.74, 6) is 0.687. The second kappa shape index (κ2) is 12.1. The van der Waals surface area contributed by atoms with Crippen LogP contribution in [-0.4, -0.2) is 36.5 Å². The molecule has 0 bridgehead atoms. The Kier molecular flexibility index (Phi) is 8.70. The Morgan fingerprint density at radius 2 is 1.84 bits per heavy atom. The number of thiocarbonyl (C=S) groups is 1. The van der Waals surface area contributed by atoms with E-state index in [1.54, 1.807) is 54.6 Å². The van der Waals surface area contributed by atoms with Crippen LogP contribution in [0.5, 0.6) is 17.2 Å². The number of amides is 2. The third kappa shape index (κ3) is 6.43. The van der Waals surface area contributed by atoms with E-state index in [-0.39, 0.29) is 29.2 Å². The van der Waals surface area contributed by atoms with Crippen LogP contribution in [0.15, 0.2) is 71.6 Å². The van der Waals surface area contributed by atoms with Crippen LogP contribution in [0, 0.1) is 0 Å². The highest BCUT2D eigenvalue weighted by Gasteiger charge is 2.33. The molecule has 1 aliphatic rings. The van der Waals surface area contributed by atoms with Gasteiger partial charge in [0.1, 0.15) is 5.75 Å². The van der Waals surface area contributed by atoms with Gasteiger partial charge in [0.15, 0.2) is 22.4 Å². The van der Waals surface area contributed by atoms with E-state index < -0.39 is 0 Å². The summed E-state index contributed by atoms with van der Waals surface area (Å²) < 4.78 is 17.0. The monoisotopic (exact) mass is 554 g/mol. The molecule has 3 aromatic rings. The largest absolute Gasteiger partial charge is 0.494 e. The van der Waals surface area contributed by atoms with Crippen molar-refractivity contribution in [2.45, 2.75) is 6.92 Å². The van der Waals surface area contributed by atoms with Gasteiger partial charge < -0.3 is 19.5 Å². The Bertz CT molecular complexity index is 1350. The van der Waals surface area contributed by atoms with Crippen LogP contribution in [0.4, 0.5) is 11.4 Å². The Hall–Kier alpha value is -3.53. The fourth-order valence-electron chi connectivity index (χ4n) is 3.52. The Balaban J connectivity index is 1.49. The number of carbonyl (C=O) groups excluding carboxylic acids is 2. The number of para-hydroxylation sites is 1. The summed E-state index contributed by atoms with van der Waals surface area (Å²) in [6.07, 6.45) is 1.69. The summed E-state index contributed by atoms with van der Waals surface area (Å²) in [4.78, 5) is 27.3. The smallest absolute Gasteiger partial charge is 0.270 e. The first-order valence-corrected chi connectivity index (χ1v) is 12.9. The third-order valence-electron chi connectivity index (χ3n) is 5.15. The van der Waals surface area contributed by atoms with Gasteiger partial charge in [-0.3, -0.25) is 14.5 Å². The molecule has 7 nitrogen and oxygen atoms in total. The molecule has 1 fully saturated rings. The molecular formula is C27H23ClN2O5S2. The van der Waals surface area contributed by atoms with Crippen molar-refractivity contribution in [3.05, 3.63) is 82.2 Å². The van der Waals surface area contributed by atoms with Crippen molar-refractivity contribution < 1.29 is 23.8 Å². The molecule has 0 atom stereocenters. The molecule has 1 aliphatic heterocycles. The summed E-state index contributed by atoms with van der Waals surface area (Å²) >= 11 is 13.1. The van der Waals surface area contributed by atoms with Crippen molar-refractivity contribution >= 4 is 69.2 Å². The molecule has 4 rings (SSSR count). The Labute approximate surface area is 229 Å². The topological polar surface area (TPSA) is 77.1 Å². The van der Waals surface area contributed by atoms with Gasteiger partial charge in [0.2, 0.25) is 0 Å². The maximum Gasteiger partial charge on any atom is 0.270 e. The number of nitrogens with one attached hydrogen (secondary N) is 1. The van der Waals surface area contributed by atoms with Gasteiger partial charge in [-0.2, -0.15) is 0 Å². The molecule has 3 aromatic carbocycles. The number of benzene rings is 3. The zero-order valence-electron chi connectivity index (χ0n) is 20.0. The fourth-order valence-corrected chi connectivity index (χ4v) is 5.09. The lowest BCUT2D eigenvalue weighted by Gasteiger charge is -2.15. The first kappa shape index (κ1) is 26.5. The van der Waals surface area contributed by atoms with Gasteiger partial charge in [0.25, 0.3) is 11.8 Å². The molecule has 190 valence electrons. The van der Waals surface area contributed by atoms with Gasteiger partial charge >= 0.3 is 0 Å². The van der Waals surface area contributed by atoms with Gasteiger partial charge in [-0.05, 0) is 67.1 Å². The minimum atomic E-state index is -0.341. The van der Waals surface area contributed by atoms with E-state index in [9.17, 15) is 9.59 Å². The van der Waals surface area contributed by atoms with Gasteiger partial charge in [-0.25, -0.2) is 0 Å². The van der Waals surface area contributed by atoms with E-state index in [0.29, 0.717) is 44.3 Å². The molecule has 1 N–H and O–H groups in total.